The first-order valence-corrected chi connectivity index (χ1v) is 6.41. The van der Waals surface area contributed by atoms with E-state index in [1.165, 1.54) is 19.3 Å². The highest BCUT2D eigenvalue weighted by molar-refractivity contribution is 6.28. The Labute approximate surface area is 106 Å². The number of anilines is 2. The highest BCUT2D eigenvalue weighted by Gasteiger charge is 2.19. The van der Waals surface area contributed by atoms with Crippen molar-refractivity contribution in [2.45, 2.75) is 38.6 Å². The lowest BCUT2D eigenvalue weighted by molar-refractivity contribution is 0.357. The minimum atomic E-state index is 0.218. The number of rotatable bonds is 3. The third-order valence-electron chi connectivity index (χ3n) is 3.10. The molecule has 1 saturated carbocycles. The van der Waals surface area contributed by atoms with Gasteiger partial charge in [0, 0.05) is 13.1 Å². The molecule has 0 saturated heterocycles. The average Bonchev–Trinajstić information content (AvgIpc) is 2.28. The van der Waals surface area contributed by atoms with E-state index in [0.717, 1.165) is 12.3 Å². The predicted molar refractivity (Wildman–Crippen MR) is 69.4 cm³/mol. The van der Waals surface area contributed by atoms with Crippen molar-refractivity contribution in [2.24, 2.45) is 5.92 Å². The second-order valence-corrected chi connectivity index (χ2v) is 4.95. The van der Waals surface area contributed by atoms with Gasteiger partial charge in [-0.25, -0.2) is 0 Å². The van der Waals surface area contributed by atoms with Crippen molar-refractivity contribution in [3.05, 3.63) is 5.28 Å². The zero-order chi connectivity index (χ0) is 12.3. The minimum Gasteiger partial charge on any atom is -0.357 e. The van der Waals surface area contributed by atoms with Gasteiger partial charge in [0.15, 0.2) is 0 Å². The second-order valence-electron chi connectivity index (χ2n) is 4.61. The van der Waals surface area contributed by atoms with Crippen LogP contribution in [0.15, 0.2) is 0 Å². The van der Waals surface area contributed by atoms with Gasteiger partial charge in [-0.15, -0.1) is 0 Å². The standard InChI is InChI=1S/C11H18ClN5/c1-7-4-3-5-8(6-7)14-11-16-9(12)15-10(13-2)17-11/h7-8H,3-6H2,1-2H3,(H2,13,14,15,16,17). The highest BCUT2D eigenvalue weighted by atomic mass is 35.5. The molecule has 0 aliphatic heterocycles. The van der Waals surface area contributed by atoms with Crippen molar-refractivity contribution in [3.63, 3.8) is 0 Å². The van der Waals surface area contributed by atoms with Crippen LogP contribution in [0.3, 0.4) is 0 Å². The van der Waals surface area contributed by atoms with Gasteiger partial charge in [0.25, 0.3) is 0 Å². The van der Waals surface area contributed by atoms with Crippen LogP contribution >= 0.6 is 11.6 Å². The molecule has 1 aliphatic carbocycles. The molecule has 2 rings (SSSR count). The van der Waals surface area contributed by atoms with Crippen LogP contribution in [0.2, 0.25) is 5.28 Å². The van der Waals surface area contributed by atoms with Gasteiger partial charge in [0.05, 0.1) is 0 Å². The molecule has 2 N–H and O–H groups in total. The molecule has 1 heterocycles. The van der Waals surface area contributed by atoms with E-state index >= 15 is 0 Å². The maximum atomic E-state index is 5.83. The Morgan fingerprint density at radius 1 is 1.18 bits per heavy atom. The normalized spacial score (nSPS) is 24.4. The lowest BCUT2D eigenvalue weighted by Gasteiger charge is -2.27. The fourth-order valence-electron chi connectivity index (χ4n) is 2.27. The molecule has 0 spiro atoms. The van der Waals surface area contributed by atoms with Gasteiger partial charge in [0.2, 0.25) is 17.2 Å². The van der Waals surface area contributed by atoms with E-state index in [1.807, 2.05) is 0 Å². The third-order valence-corrected chi connectivity index (χ3v) is 3.27. The molecule has 0 bridgehead atoms. The monoisotopic (exact) mass is 255 g/mol. The van der Waals surface area contributed by atoms with E-state index in [4.69, 9.17) is 11.6 Å². The molecule has 6 heteroatoms. The van der Waals surface area contributed by atoms with Crippen LogP contribution in [0, 0.1) is 5.92 Å². The van der Waals surface area contributed by atoms with E-state index in [1.54, 1.807) is 7.05 Å². The maximum absolute atomic E-state index is 5.83. The van der Waals surface area contributed by atoms with Gasteiger partial charge in [-0.1, -0.05) is 19.8 Å². The molecule has 0 aromatic carbocycles. The third kappa shape index (κ3) is 3.43. The van der Waals surface area contributed by atoms with Crippen LogP contribution in [-0.4, -0.2) is 28.0 Å². The molecule has 17 heavy (non-hydrogen) atoms. The van der Waals surface area contributed by atoms with Crippen molar-refractivity contribution in [1.29, 1.82) is 0 Å². The van der Waals surface area contributed by atoms with Crippen LogP contribution in [0.4, 0.5) is 11.9 Å². The summed E-state index contributed by atoms with van der Waals surface area (Å²) in [5, 5.41) is 6.43. The van der Waals surface area contributed by atoms with Gasteiger partial charge >= 0.3 is 0 Å². The largest absolute Gasteiger partial charge is 0.357 e. The lowest BCUT2D eigenvalue weighted by atomic mass is 9.87. The first-order valence-electron chi connectivity index (χ1n) is 6.03. The van der Waals surface area contributed by atoms with Gasteiger partial charge < -0.3 is 10.6 Å². The quantitative estimate of drug-likeness (QED) is 0.869. The molecule has 2 unspecified atom stereocenters. The van der Waals surface area contributed by atoms with Crippen molar-refractivity contribution in [1.82, 2.24) is 15.0 Å². The Balaban J connectivity index is 2.04. The number of hydrogen-bond donors (Lipinski definition) is 2. The maximum Gasteiger partial charge on any atom is 0.229 e. The first-order chi connectivity index (χ1) is 8.17. The summed E-state index contributed by atoms with van der Waals surface area (Å²) >= 11 is 5.83. The molecule has 0 amide bonds. The topological polar surface area (TPSA) is 62.7 Å². The Morgan fingerprint density at radius 3 is 2.65 bits per heavy atom. The number of nitrogens with zero attached hydrogens (tertiary/aromatic N) is 3. The summed E-state index contributed by atoms with van der Waals surface area (Å²) in [6, 6.07) is 0.446. The molecular formula is C11H18ClN5. The summed E-state index contributed by atoms with van der Waals surface area (Å²) in [5.41, 5.74) is 0. The molecule has 1 aliphatic rings. The Bertz CT molecular complexity index is 384. The number of hydrogen-bond acceptors (Lipinski definition) is 5. The fraction of sp³-hybridized carbons (Fsp3) is 0.727. The molecule has 1 aromatic rings. The van der Waals surface area contributed by atoms with E-state index in [0.29, 0.717) is 17.9 Å². The van der Waals surface area contributed by atoms with Crippen molar-refractivity contribution < 1.29 is 0 Å². The van der Waals surface area contributed by atoms with Crippen molar-refractivity contribution >= 4 is 23.5 Å². The molecule has 1 aromatic heterocycles. The molecule has 1 fully saturated rings. The van der Waals surface area contributed by atoms with Gasteiger partial charge in [0.1, 0.15) is 0 Å². The predicted octanol–water partition coefficient (Wildman–Crippen LogP) is 2.56. The van der Waals surface area contributed by atoms with E-state index < -0.39 is 0 Å². The molecular weight excluding hydrogens is 238 g/mol. The van der Waals surface area contributed by atoms with Crippen LogP contribution in [0.25, 0.3) is 0 Å². The van der Waals surface area contributed by atoms with Gasteiger partial charge in [-0.3, -0.25) is 0 Å². The Kier molecular flexibility index (Phi) is 3.99. The summed E-state index contributed by atoms with van der Waals surface area (Å²) in [4.78, 5) is 12.3. The van der Waals surface area contributed by atoms with E-state index in [-0.39, 0.29) is 5.28 Å². The summed E-state index contributed by atoms with van der Waals surface area (Å²) in [7, 11) is 1.76. The van der Waals surface area contributed by atoms with Crippen LogP contribution in [0.5, 0.6) is 0 Å². The molecule has 5 nitrogen and oxygen atoms in total. The van der Waals surface area contributed by atoms with E-state index in [9.17, 15) is 0 Å². The van der Waals surface area contributed by atoms with Crippen LogP contribution < -0.4 is 10.6 Å². The lowest BCUT2D eigenvalue weighted by Crippen LogP contribution is -2.27. The molecule has 2 atom stereocenters. The Morgan fingerprint density at radius 2 is 1.94 bits per heavy atom. The second kappa shape index (κ2) is 5.49. The first kappa shape index (κ1) is 12.4. The summed E-state index contributed by atoms with van der Waals surface area (Å²) < 4.78 is 0. The number of aromatic nitrogens is 3. The fourth-order valence-corrected chi connectivity index (χ4v) is 2.43. The van der Waals surface area contributed by atoms with Crippen LogP contribution in [-0.2, 0) is 0 Å². The number of halogens is 1. The smallest absolute Gasteiger partial charge is 0.229 e. The molecule has 94 valence electrons. The van der Waals surface area contributed by atoms with Crippen molar-refractivity contribution in [2.75, 3.05) is 17.7 Å². The average molecular weight is 256 g/mol. The summed E-state index contributed by atoms with van der Waals surface area (Å²) in [5.74, 6) is 1.83. The SMILES string of the molecule is CNc1nc(Cl)nc(NC2CCCC(C)C2)n1. The summed E-state index contributed by atoms with van der Waals surface area (Å²) in [6.45, 7) is 2.28. The van der Waals surface area contributed by atoms with Gasteiger partial charge in [-0.05, 0) is 30.4 Å². The zero-order valence-corrected chi connectivity index (χ0v) is 11.0. The minimum absolute atomic E-state index is 0.218. The van der Waals surface area contributed by atoms with E-state index in [2.05, 4.69) is 32.5 Å². The van der Waals surface area contributed by atoms with Gasteiger partial charge in [-0.2, -0.15) is 15.0 Å². The van der Waals surface area contributed by atoms with Crippen LogP contribution in [0.1, 0.15) is 32.6 Å². The zero-order valence-electron chi connectivity index (χ0n) is 10.2. The molecule has 0 radical (unpaired) electrons. The Hall–Kier alpha value is -1.10. The highest BCUT2D eigenvalue weighted by Crippen LogP contribution is 2.25. The summed E-state index contributed by atoms with van der Waals surface area (Å²) in [6.07, 6.45) is 4.91. The van der Waals surface area contributed by atoms with Crippen molar-refractivity contribution in [3.8, 4) is 0 Å². The number of nitrogens with one attached hydrogen (secondary N) is 2.